The zero-order valence-electron chi connectivity index (χ0n) is 13.9. The summed E-state index contributed by atoms with van der Waals surface area (Å²) < 4.78 is 0. The highest BCUT2D eigenvalue weighted by atomic mass is 16.3. The Kier molecular flexibility index (Phi) is 6.48. The van der Waals surface area contributed by atoms with E-state index in [9.17, 15) is 5.11 Å². The number of aromatic hydroxyl groups is 1. The molecule has 3 nitrogen and oxygen atoms in total. The number of nitrogens with zero attached hydrogens (tertiary/aromatic N) is 2. The molecule has 0 spiro atoms. The summed E-state index contributed by atoms with van der Waals surface area (Å²) >= 11 is 0. The Labute approximate surface area is 139 Å². The molecule has 0 aliphatic heterocycles. The van der Waals surface area contributed by atoms with E-state index in [1.807, 2.05) is 12.1 Å². The fourth-order valence-electron chi connectivity index (χ4n) is 3.65. The largest absolute Gasteiger partial charge is 0.506 e. The van der Waals surface area contributed by atoms with Gasteiger partial charge in [0.15, 0.2) is 0 Å². The smallest absolute Gasteiger partial charge is 0.137 e. The first-order chi connectivity index (χ1) is 11.2. The first kappa shape index (κ1) is 17.4. The Morgan fingerprint density at radius 3 is 2.43 bits per heavy atom. The van der Waals surface area contributed by atoms with Crippen molar-refractivity contribution in [3.8, 4) is 17.9 Å². The number of rotatable bonds is 6. The summed E-state index contributed by atoms with van der Waals surface area (Å²) in [6.45, 7) is 2.24. The number of hydrogen-bond donors (Lipinski definition) is 1. The molecule has 0 amide bonds. The minimum Gasteiger partial charge on any atom is -0.506 e. The molecule has 1 aliphatic rings. The molecule has 1 radical (unpaired) electrons. The summed E-state index contributed by atoms with van der Waals surface area (Å²) in [5, 5.41) is 28.3. The summed E-state index contributed by atoms with van der Waals surface area (Å²) in [5.74, 6) is 1.41. The van der Waals surface area contributed by atoms with Crippen molar-refractivity contribution in [1.82, 2.24) is 0 Å². The van der Waals surface area contributed by atoms with Crippen LogP contribution in [0.15, 0.2) is 6.07 Å². The summed E-state index contributed by atoms with van der Waals surface area (Å²) in [7, 11) is 0. The van der Waals surface area contributed by atoms with E-state index >= 15 is 0 Å². The molecule has 0 bridgehead atoms. The van der Waals surface area contributed by atoms with Gasteiger partial charge in [0.1, 0.15) is 23.5 Å². The van der Waals surface area contributed by atoms with Crippen molar-refractivity contribution in [3.05, 3.63) is 28.8 Å². The molecule has 121 valence electrons. The molecule has 2 rings (SSSR count). The van der Waals surface area contributed by atoms with Crippen LogP contribution in [-0.2, 0) is 6.42 Å². The number of nitriles is 2. The molecule has 3 heteroatoms. The minimum atomic E-state index is -0.0205. The van der Waals surface area contributed by atoms with Crippen LogP contribution in [0.4, 0.5) is 0 Å². The molecule has 1 aromatic rings. The third-order valence-corrected chi connectivity index (χ3v) is 5.10. The lowest BCUT2D eigenvalue weighted by molar-refractivity contribution is 0.256. The van der Waals surface area contributed by atoms with Gasteiger partial charge in [-0.05, 0) is 42.7 Å². The van der Waals surface area contributed by atoms with Gasteiger partial charge in [-0.25, -0.2) is 0 Å². The predicted molar refractivity (Wildman–Crippen MR) is 89.7 cm³/mol. The molecule has 0 aromatic heterocycles. The first-order valence-electron chi connectivity index (χ1n) is 8.76. The van der Waals surface area contributed by atoms with Crippen molar-refractivity contribution in [3.63, 3.8) is 0 Å². The second kappa shape index (κ2) is 8.59. The highest BCUT2D eigenvalue weighted by Gasteiger charge is 2.23. The van der Waals surface area contributed by atoms with Gasteiger partial charge in [0.2, 0.25) is 0 Å². The molecule has 0 unspecified atom stereocenters. The zero-order chi connectivity index (χ0) is 16.7. The maximum Gasteiger partial charge on any atom is 0.137 e. The third kappa shape index (κ3) is 4.49. The summed E-state index contributed by atoms with van der Waals surface area (Å²) in [4.78, 5) is 0. The van der Waals surface area contributed by atoms with Gasteiger partial charge in [0, 0.05) is 6.07 Å². The third-order valence-electron chi connectivity index (χ3n) is 5.10. The Morgan fingerprint density at radius 2 is 1.83 bits per heavy atom. The van der Waals surface area contributed by atoms with Crippen LogP contribution < -0.4 is 0 Å². The van der Waals surface area contributed by atoms with Crippen LogP contribution in [0.2, 0.25) is 0 Å². The van der Waals surface area contributed by atoms with Crippen LogP contribution >= 0.6 is 0 Å². The van der Waals surface area contributed by atoms with E-state index in [4.69, 9.17) is 10.5 Å². The molecule has 1 N–H and O–H groups in total. The zero-order valence-corrected chi connectivity index (χ0v) is 13.9. The van der Waals surface area contributed by atoms with Gasteiger partial charge in [0.25, 0.3) is 0 Å². The molecule has 1 aromatic carbocycles. The van der Waals surface area contributed by atoms with E-state index in [0.29, 0.717) is 5.92 Å². The lowest BCUT2D eigenvalue weighted by atomic mass is 9.77. The van der Waals surface area contributed by atoms with E-state index in [0.717, 1.165) is 17.9 Å². The normalized spacial score (nSPS) is 20.7. The van der Waals surface area contributed by atoms with Gasteiger partial charge in [-0.1, -0.05) is 45.4 Å². The van der Waals surface area contributed by atoms with E-state index in [1.165, 1.54) is 51.4 Å². The molecule has 23 heavy (non-hydrogen) atoms. The molecule has 1 saturated carbocycles. The maximum absolute atomic E-state index is 10.2. The topological polar surface area (TPSA) is 67.8 Å². The van der Waals surface area contributed by atoms with Crippen molar-refractivity contribution >= 4 is 0 Å². The highest BCUT2D eigenvalue weighted by Crippen LogP contribution is 2.36. The molecule has 1 aliphatic carbocycles. The molecule has 1 fully saturated rings. The van der Waals surface area contributed by atoms with Gasteiger partial charge in [-0.3, -0.25) is 0 Å². The summed E-state index contributed by atoms with van der Waals surface area (Å²) in [5.41, 5.74) is 0.960. The molecular weight excluding hydrogens is 284 g/mol. The van der Waals surface area contributed by atoms with Crippen LogP contribution in [0.3, 0.4) is 0 Å². The maximum atomic E-state index is 10.2. The van der Waals surface area contributed by atoms with Crippen molar-refractivity contribution in [2.45, 2.75) is 64.7 Å². The molecule has 0 heterocycles. The van der Waals surface area contributed by atoms with Gasteiger partial charge in [0.05, 0.1) is 5.56 Å². The number of benzene rings is 1. The minimum absolute atomic E-state index is 0.0205. The Bertz CT molecular complexity index is 601. The standard InChI is InChI=1S/C20H25N2O/c1-2-3-4-5-15-6-8-16(9-7-15)12-17-10-11-18(13-21)19(14-22)20(17)23/h10,15-16,23H,2-9,12H2,1H3. The average molecular weight is 309 g/mol. The van der Waals surface area contributed by atoms with E-state index < -0.39 is 0 Å². The number of phenolic OH excluding ortho intramolecular Hbond substituents is 1. The lowest BCUT2D eigenvalue weighted by Crippen LogP contribution is -2.16. The second-order valence-corrected chi connectivity index (χ2v) is 6.72. The first-order valence-corrected chi connectivity index (χ1v) is 8.76. The second-order valence-electron chi connectivity index (χ2n) is 6.72. The van der Waals surface area contributed by atoms with Crippen LogP contribution in [0, 0.1) is 40.6 Å². The van der Waals surface area contributed by atoms with Crippen LogP contribution in [-0.4, -0.2) is 5.11 Å². The van der Waals surface area contributed by atoms with Gasteiger partial charge in [-0.2, -0.15) is 10.5 Å². The average Bonchev–Trinajstić information content (AvgIpc) is 2.58. The van der Waals surface area contributed by atoms with Gasteiger partial charge >= 0.3 is 0 Å². The van der Waals surface area contributed by atoms with Crippen LogP contribution in [0.5, 0.6) is 5.75 Å². The van der Waals surface area contributed by atoms with Crippen molar-refractivity contribution in [2.75, 3.05) is 0 Å². The van der Waals surface area contributed by atoms with Crippen LogP contribution in [0.1, 0.15) is 75.0 Å². The molecular formula is C20H25N2O. The van der Waals surface area contributed by atoms with Gasteiger partial charge < -0.3 is 5.11 Å². The summed E-state index contributed by atoms with van der Waals surface area (Å²) in [6, 6.07) is 8.35. The highest BCUT2D eigenvalue weighted by molar-refractivity contribution is 5.56. The van der Waals surface area contributed by atoms with Crippen molar-refractivity contribution in [2.24, 2.45) is 11.8 Å². The SMILES string of the molecule is CCCCCC1CCC(Cc2c[c]c(C#N)c(C#N)c2O)CC1. The number of unbranched alkanes of at least 4 members (excludes halogenated alkanes) is 2. The van der Waals surface area contributed by atoms with Crippen molar-refractivity contribution < 1.29 is 5.11 Å². The lowest BCUT2D eigenvalue weighted by Gasteiger charge is -2.28. The number of phenols is 1. The quantitative estimate of drug-likeness (QED) is 0.763. The van der Waals surface area contributed by atoms with Gasteiger partial charge in [-0.15, -0.1) is 0 Å². The van der Waals surface area contributed by atoms with Crippen molar-refractivity contribution in [1.29, 1.82) is 10.5 Å². The summed E-state index contributed by atoms with van der Waals surface area (Å²) in [6.07, 6.45) is 11.1. The van der Waals surface area contributed by atoms with E-state index in [1.54, 1.807) is 6.07 Å². The monoisotopic (exact) mass is 309 g/mol. The van der Waals surface area contributed by atoms with E-state index in [-0.39, 0.29) is 16.9 Å². The molecule has 0 saturated heterocycles. The predicted octanol–water partition coefficient (Wildman–Crippen LogP) is 4.86. The fourth-order valence-corrected chi connectivity index (χ4v) is 3.65. The Morgan fingerprint density at radius 1 is 1.13 bits per heavy atom. The fraction of sp³-hybridized carbons (Fsp3) is 0.600. The van der Waals surface area contributed by atoms with Crippen LogP contribution in [0.25, 0.3) is 0 Å². The molecule has 0 atom stereocenters. The Balaban J connectivity index is 1.92. The van der Waals surface area contributed by atoms with E-state index in [2.05, 4.69) is 13.0 Å². The number of hydrogen-bond acceptors (Lipinski definition) is 3. The Hall–Kier alpha value is -2.00.